The van der Waals surface area contributed by atoms with Crippen LogP contribution in [-0.2, 0) is 21.6 Å². The standard InChI is InChI=1S/C18H23F3O4/c1-5-8-12-9-13(22)10-14(11(4)6-2)15(12)17(24,18(19,20)21)16(23)25-7-3/h5,9-11,22,24H,1,6-8H2,2-4H3. The Morgan fingerprint density at radius 2 is 1.96 bits per heavy atom. The number of rotatable bonds is 7. The third-order valence-corrected chi connectivity index (χ3v) is 4.09. The van der Waals surface area contributed by atoms with E-state index in [0.717, 1.165) is 12.1 Å². The second-order valence-electron chi connectivity index (χ2n) is 5.80. The first-order chi connectivity index (χ1) is 11.5. The van der Waals surface area contributed by atoms with Gasteiger partial charge in [-0.15, -0.1) is 6.58 Å². The van der Waals surface area contributed by atoms with Crippen LogP contribution in [0.5, 0.6) is 5.75 Å². The lowest BCUT2D eigenvalue weighted by Crippen LogP contribution is -2.51. The van der Waals surface area contributed by atoms with Crippen LogP contribution < -0.4 is 0 Å². The molecule has 0 heterocycles. The molecule has 2 N–H and O–H groups in total. The molecule has 2 unspecified atom stereocenters. The van der Waals surface area contributed by atoms with Crippen molar-refractivity contribution in [2.75, 3.05) is 6.61 Å². The first-order valence-electron chi connectivity index (χ1n) is 7.97. The Balaban J connectivity index is 3.89. The lowest BCUT2D eigenvalue weighted by molar-refractivity contribution is -0.268. The maximum atomic E-state index is 13.8. The zero-order chi connectivity index (χ0) is 19.4. The van der Waals surface area contributed by atoms with Gasteiger partial charge in [-0.3, -0.25) is 0 Å². The molecule has 0 saturated heterocycles. The number of esters is 1. The summed E-state index contributed by atoms with van der Waals surface area (Å²) in [5, 5.41) is 20.4. The van der Waals surface area contributed by atoms with Crippen LogP contribution in [0.1, 0.15) is 49.8 Å². The van der Waals surface area contributed by atoms with Gasteiger partial charge in [0.2, 0.25) is 0 Å². The molecular formula is C18H23F3O4. The molecule has 0 radical (unpaired) electrons. The Hall–Kier alpha value is -2.02. The molecule has 0 aliphatic heterocycles. The number of allylic oxidation sites excluding steroid dienone is 1. The number of alkyl halides is 3. The number of aromatic hydroxyl groups is 1. The van der Waals surface area contributed by atoms with Gasteiger partial charge in [0.1, 0.15) is 5.75 Å². The molecule has 0 aliphatic rings. The lowest BCUT2D eigenvalue weighted by Gasteiger charge is -2.33. The lowest BCUT2D eigenvalue weighted by atomic mass is 9.79. The van der Waals surface area contributed by atoms with Gasteiger partial charge in [0, 0.05) is 5.56 Å². The highest BCUT2D eigenvalue weighted by molar-refractivity contribution is 5.83. The minimum absolute atomic E-state index is 0.0295. The van der Waals surface area contributed by atoms with Crippen LogP contribution in [0, 0.1) is 0 Å². The van der Waals surface area contributed by atoms with Crippen molar-refractivity contribution in [3.8, 4) is 5.75 Å². The van der Waals surface area contributed by atoms with E-state index in [4.69, 9.17) is 0 Å². The molecule has 0 aliphatic carbocycles. The van der Waals surface area contributed by atoms with Crippen molar-refractivity contribution in [3.05, 3.63) is 41.5 Å². The summed E-state index contributed by atoms with van der Waals surface area (Å²) >= 11 is 0. The van der Waals surface area contributed by atoms with E-state index in [1.807, 2.05) is 0 Å². The summed E-state index contributed by atoms with van der Waals surface area (Å²) in [6.07, 6.45) is -3.58. The van der Waals surface area contributed by atoms with Crippen LogP contribution in [0.15, 0.2) is 24.8 Å². The fourth-order valence-electron chi connectivity index (χ4n) is 2.67. The Labute approximate surface area is 144 Å². The van der Waals surface area contributed by atoms with E-state index in [0.29, 0.717) is 6.42 Å². The van der Waals surface area contributed by atoms with E-state index in [2.05, 4.69) is 11.3 Å². The SMILES string of the molecule is C=CCc1cc(O)cc(C(C)CC)c1C(O)(C(=O)OCC)C(F)(F)F. The maximum Gasteiger partial charge on any atom is 0.432 e. The third-order valence-electron chi connectivity index (χ3n) is 4.09. The van der Waals surface area contributed by atoms with Crippen molar-refractivity contribution in [1.82, 2.24) is 0 Å². The van der Waals surface area contributed by atoms with Gasteiger partial charge >= 0.3 is 12.1 Å². The number of hydrogen-bond donors (Lipinski definition) is 2. The van der Waals surface area contributed by atoms with Crippen molar-refractivity contribution < 1.29 is 32.9 Å². The highest BCUT2D eigenvalue weighted by Crippen LogP contribution is 2.46. The van der Waals surface area contributed by atoms with Gasteiger partial charge in [0.15, 0.2) is 0 Å². The molecule has 1 aromatic rings. The van der Waals surface area contributed by atoms with E-state index in [9.17, 15) is 28.2 Å². The monoisotopic (exact) mass is 360 g/mol. The number of hydrogen-bond acceptors (Lipinski definition) is 4. The quantitative estimate of drug-likeness (QED) is 0.571. The van der Waals surface area contributed by atoms with Gasteiger partial charge in [-0.2, -0.15) is 13.2 Å². The summed E-state index contributed by atoms with van der Waals surface area (Å²) in [7, 11) is 0. The molecule has 0 aromatic heterocycles. The van der Waals surface area contributed by atoms with E-state index < -0.39 is 29.2 Å². The molecule has 0 fully saturated rings. The van der Waals surface area contributed by atoms with Crippen LogP contribution in [0.2, 0.25) is 0 Å². The first-order valence-corrected chi connectivity index (χ1v) is 7.97. The maximum absolute atomic E-state index is 13.8. The van der Waals surface area contributed by atoms with Crippen molar-refractivity contribution in [2.45, 2.75) is 51.3 Å². The Bertz CT molecular complexity index is 640. The van der Waals surface area contributed by atoms with Crippen LogP contribution in [0.3, 0.4) is 0 Å². The minimum atomic E-state index is -5.30. The molecular weight excluding hydrogens is 337 g/mol. The van der Waals surface area contributed by atoms with Gasteiger partial charge in [0.05, 0.1) is 6.61 Å². The summed E-state index contributed by atoms with van der Waals surface area (Å²) in [4.78, 5) is 12.1. The van der Waals surface area contributed by atoms with E-state index >= 15 is 0 Å². The molecule has 2 atom stereocenters. The van der Waals surface area contributed by atoms with Gasteiger partial charge < -0.3 is 14.9 Å². The summed E-state index contributed by atoms with van der Waals surface area (Å²) < 4.78 is 45.9. The van der Waals surface area contributed by atoms with Crippen LogP contribution in [0.4, 0.5) is 13.2 Å². The number of halogens is 3. The zero-order valence-electron chi connectivity index (χ0n) is 14.5. The number of carbonyl (C=O) groups is 1. The fourth-order valence-corrected chi connectivity index (χ4v) is 2.67. The second kappa shape index (κ2) is 7.91. The average Bonchev–Trinajstić information content (AvgIpc) is 2.52. The smallest absolute Gasteiger partial charge is 0.432 e. The highest BCUT2D eigenvalue weighted by atomic mass is 19.4. The van der Waals surface area contributed by atoms with Gasteiger partial charge in [-0.25, -0.2) is 4.79 Å². The molecule has 1 aromatic carbocycles. The first kappa shape index (κ1) is 21.0. The molecule has 1 rings (SSSR count). The molecule has 0 bridgehead atoms. The molecule has 140 valence electrons. The van der Waals surface area contributed by atoms with E-state index in [-0.39, 0.29) is 29.9 Å². The number of ether oxygens (including phenoxy) is 1. The average molecular weight is 360 g/mol. The summed E-state index contributed by atoms with van der Waals surface area (Å²) in [6.45, 7) is 7.93. The van der Waals surface area contributed by atoms with Gasteiger partial charge in [-0.1, -0.05) is 19.9 Å². The predicted octanol–water partition coefficient (Wildman–Crippen LogP) is 3.95. The number of aliphatic hydroxyl groups is 1. The molecule has 7 heteroatoms. The Morgan fingerprint density at radius 3 is 2.40 bits per heavy atom. The van der Waals surface area contributed by atoms with Crippen LogP contribution in [0.25, 0.3) is 0 Å². The molecule has 0 spiro atoms. The highest BCUT2D eigenvalue weighted by Gasteiger charge is 2.63. The number of carbonyl (C=O) groups excluding carboxylic acids is 1. The topological polar surface area (TPSA) is 66.8 Å². The molecule has 25 heavy (non-hydrogen) atoms. The molecule has 0 saturated carbocycles. The molecule has 4 nitrogen and oxygen atoms in total. The van der Waals surface area contributed by atoms with Crippen LogP contribution in [-0.4, -0.2) is 29.0 Å². The van der Waals surface area contributed by atoms with Crippen molar-refractivity contribution >= 4 is 5.97 Å². The van der Waals surface area contributed by atoms with Crippen molar-refractivity contribution in [1.29, 1.82) is 0 Å². The van der Waals surface area contributed by atoms with E-state index in [1.165, 1.54) is 13.0 Å². The number of phenols is 1. The summed E-state index contributed by atoms with van der Waals surface area (Å²) in [5.41, 5.74) is -4.40. The zero-order valence-corrected chi connectivity index (χ0v) is 14.5. The second-order valence-corrected chi connectivity index (χ2v) is 5.80. The fraction of sp³-hybridized carbons (Fsp3) is 0.500. The Morgan fingerprint density at radius 1 is 1.36 bits per heavy atom. The summed E-state index contributed by atoms with van der Waals surface area (Å²) in [6, 6.07) is 2.24. The normalized spacial score (nSPS) is 15.3. The van der Waals surface area contributed by atoms with Crippen molar-refractivity contribution in [3.63, 3.8) is 0 Å². The molecule has 0 amide bonds. The van der Waals surface area contributed by atoms with E-state index in [1.54, 1.807) is 13.8 Å². The largest absolute Gasteiger partial charge is 0.508 e. The predicted molar refractivity (Wildman–Crippen MR) is 87.3 cm³/mol. The Kier molecular flexibility index (Phi) is 6.65. The third kappa shape index (κ3) is 3.98. The summed E-state index contributed by atoms with van der Waals surface area (Å²) in [5.74, 6) is -2.47. The number of phenolic OH excluding ortho intramolecular Hbond substituents is 1. The minimum Gasteiger partial charge on any atom is -0.508 e. The van der Waals surface area contributed by atoms with Gasteiger partial charge in [0.25, 0.3) is 5.60 Å². The number of benzene rings is 1. The van der Waals surface area contributed by atoms with Gasteiger partial charge in [-0.05, 0) is 48.9 Å². The van der Waals surface area contributed by atoms with Crippen molar-refractivity contribution in [2.24, 2.45) is 0 Å². The van der Waals surface area contributed by atoms with Crippen LogP contribution >= 0.6 is 0 Å².